The Balaban J connectivity index is 1.26. The van der Waals surface area contributed by atoms with E-state index in [9.17, 15) is 38.7 Å². The molecule has 2 aliphatic rings. The molecule has 75 heavy (non-hydrogen) atoms. The smallest absolute Gasteiger partial charge is 0.326 e. The fourth-order valence-electron chi connectivity index (χ4n) is 10.0. The monoisotopic (exact) mass is 1050 g/mol. The molecule has 2 aliphatic heterocycles. The average Bonchev–Trinajstić information content (AvgIpc) is 3.97. The summed E-state index contributed by atoms with van der Waals surface area (Å²) in [6.07, 6.45) is 0.531. The second-order valence-corrected chi connectivity index (χ2v) is 20.2. The number of benzene rings is 2. The van der Waals surface area contributed by atoms with Gasteiger partial charge in [0, 0.05) is 40.8 Å². The van der Waals surface area contributed by atoms with Gasteiger partial charge in [-0.1, -0.05) is 97.4 Å². The molecular weight excluding hydrogens is 969 g/mol. The van der Waals surface area contributed by atoms with Crippen molar-refractivity contribution in [2.45, 2.75) is 123 Å². The first-order valence-corrected chi connectivity index (χ1v) is 26.3. The lowest BCUT2D eigenvalue weighted by Gasteiger charge is -2.41. The quantitative estimate of drug-likeness (QED) is 0.0662. The summed E-state index contributed by atoms with van der Waals surface area (Å²) < 4.78 is 28.9. The van der Waals surface area contributed by atoms with Gasteiger partial charge in [0.1, 0.15) is 12.1 Å². The molecule has 20 nitrogen and oxygen atoms in total. The number of ether oxygens (including phenoxy) is 5. The number of hydroxylamine groups is 2. The van der Waals surface area contributed by atoms with E-state index in [0.29, 0.717) is 69.9 Å². The van der Waals surface area contributed by atoms with Crippen molar-refractivity contribution in [3.05, 3.63) is 71.3 Å². The van der Waals surface area contributed by atoms with E-state index in [1.807, 2.05) is 71.7 Å². The maximum atomic E-state index is 14.6. The first-order chi connectivity index (χ1) is 35.8. The van der Waals surface area contributed by atoms with Crippen molar-refractivity contribution in [2.75, 3.05) is 87.7 Å². The number of amides is 6. The van der Waals surface area contributed by atoms with Crippen LogP contribution in [0, 0.1) is 23.7 Å². The van der Waals surface area contributed by atoms with Crippen molar-refractivity contribution in [1.29, 1.82) is 0 Å². The topological polar surface area (TPSA) is 232 Å². The third kappa shape index (κ3) is 17.3. The molecule has 2 heterocycles. The van der Waals surface area contributed by atoms with Crippen LogP contribution < -0.4 is 10.6 Å². The largest absolute Gasteiger partial charge is 0.480 e. The maximum Gasteiger partial charge on any atom is 0.326 e. The van der Waals surface area contributed by atoms with Gasteiger partial charge in [0.25, 0.3) is 11.8 Å². The highest BCUT2D eigenvalue weighted by molar-refractivity contribution is 6.20. The van der Waals surface area contributed by atoms with Crippen molar-refractivity contribution in [2.24, 2.45) is 23.7 Å². The summed E-state index contributed by atoms with van der Waals surface area (Å²) in [7, 11) is 6.54. The summed E-state index contributed by atoms with van der Waals surface area (Å²) in [5.41, 5.74) is 1.38. The van der Waals surface area contributed by atoms with Crippen LogP contribution in [0.1, 0.15) is 100 Å². The SMILES string of the molecule is CC[C@H](C)[C@@H]([C@@H](CC(=O)N1CCC[C@H]1[C@H](OC)[C@@H](C)C(=O)N[C@@H](Cc1ccccc1)C(=O)O)OC)N(C)C(=O)[C@@H](NC(=O)C(C(C)C)N(C)CCOCCOCCOCCON1C(=O)c2ccccc2C1=O)C(C)C. The number of rotatable bonds is 34. The van der Waals surface area contributed by atoms with Gasteiger partial charge in [-0.05, 0) is 55.3 Å². The third-order valence-electron chi connectivity index (χ3n) is 14.3. The third-order valence-corrected chi connectivity index (χ3v) is 14.3. The number of carboxylic acid groups (broad SMARTS) is 1. The number of methoxy groups -OCH3 is 2. The molecule has 0 bridgehead atoms. The Kier molecular flexibility index (Phi) is 25.7. The summed E-state index contributed by atoms with van der Waals surface area (Å²) in [4.78, 5) is 104. The minimum Gasteiger partial charge on any atom is -0.480 e. The standard InChI is InChI=1S/C55H84N6O14/c1-12-37(6)48(44(70-10)34-45(62)60-24-18-23-43(60)49(71-11)38(7)50(63)56-42(55(68)69)33-39-19-14-13-15-20-39)59(9)54(67)46(35(2)3)57-51(64)47(36(4)5)58(8)25-26-72-27-28-73-29-30-74-31-32-75-61-52(65)40-21-16-17-22-41(40)53(61)66/h13-17,19-22,35-38,42-44,46-49H,12,18,23-34H2,1-11H3,(H,56,63)(H,57,64)(H,68,69)/t37-,38+,42-,43-,44+,46-,47?,48-,49+/m0/s1. The molecule has 1 unspecified atom stereocenters. The average molecular weight is 1050 g/mol. The van der Waals surface area contributed by atoms with Crippen LogP contribution in [-0.4, -0.2) is 196 Å². The van der Waals surface area contributed by atoms with Crippen LogP contribution in [0.4, 0.5) is 0 Å². The molecule has 6 amide bonds. The Morgan fingerprint density at radius 3 is 1.85 bits per heavy atom. The van der Waals surface area contributed by atoms with E-state index in [4.69, 9.17) is 28.5 Å². The summed E-state index contributed by atoms with van der Waals surface area (Å²) in [6, 6.07) is 12.0. The van der Waals surface area contributed by atoms with Crippen LogP contribution in [0.5, 0.6) is 0 Å². The number of imide groups is 1. The van der Waals surface area contributed by atoms with E-state index in [2.05, 4.69) is 10.6 Å². The number of nitrogens with zero attached hydrogens (tertiary/aromatic N) is 4. The van der Waals surface area contributed by atoms with Crippen molar-refractivity contribution in [3.63, 3.8) is 0 Å². The van der Waals surface area contributed by atoms with E-state index in [0.717, 1.165) is 10.6 Å². The zero-order valence-corrected chi connectivity index (χ0v) is 46.0. The fourth-order valence-corrected chi connectivity index (χ4v) is 10.0. The molecular formula is C55H84N6O14. The van der Waals surface area contributed by atoms with E-state index >= 15 is 0 Å². The number of carbonyl (C=O) groups is 7. The first-order valence-electron chi connectivity index (χ1n) is 26.3. The highest BCUT2D eigenvalue weighted by Gasteiger charge is 2.44. The molecule has 1 fully saturated rings. The van der Waals surface area contributed by atoms with E-state index in [1.54, 1.807) is 60.2 Å². The number of carboxylic acids is 1. The predicted molar refractivity (Wildman–Crippen MR) is 279 cm³/mol. The molecule has 418 valence electrons. The van der Waals surface area contributed by atoms with Crippen LogP contribution in [0.3, 0.4) is 0 Å². The minimum absolute atomic E-state index is 0.0154. The normalized spacial score (nSPS) is 17.9. The van der Waals surface area contributed by atoms with Gasteiger partial charge in [-0.15, -0.1) is 5.06 Å². The van der Waals surface area contributed by atoms with Gasteiger partial charge >= 0.3 is 5.97 Å². The Hall–Kier alpha value is -5.35. The predicted octanol–water partition coefficient (Wildman–Crippen LogP) is 4.09. The zero-order chi connectivity index (χ0) is 55.4. The number of hydrogen-bond donors (Lipinski definition) is 3. The Morgan fingerprint density at radius 2 is 1.32 bits per heavy atom. The van der Waals surface area contributed by atoms with Crippen LogP contribution in [0.2, 0.25) is 0 Å². The number of hydrogen-bond acceptors (Lipinski definition) is 14. The van der Waals surface area contributed by atoms with Gasteiger partial charge in [-0.3, -0.25) is 38.5 Å². The molecule has 2 aromatic carbocycles. The van der Waals surface area contributed by atoms with Crippen LogP contribution in [0.25, 0.3) is 0 Å². The van der Waals surface area contributed by atoms with Crippen molar-refractivity contribution in [1.82, 2.24) is 30.4 Å². The number of fused-ring (bicyclic) bond motifs is 1. The van der Waals surface area contributed by atoms with Crippen LogP contribution in [-0.2, 0) is 58.9 Å². The summed E-state index contributed by atoms with van der Waals surface area (Å²) in [6.45, 7) is 15.9. The Labute approximate surface area is 443 Å². The van der Waals surface area contributed by atoms with Gasteiger partial charge in [0.05, 0.1) is 100 Å². The van der Waals surface area contributed by atoms with Crippen LogP contribution in [0.15, 0.2) is 54.6 Å². The van der Waals surface area contributed by atoms with Crippen molar-refractivity contribution in [3.8, 4) is 0 Å². The fraction of sp³-hybridized carbons (Fsp3) is 0.655. The molecule has 2 aromatic rings. The molecule has 0 radical (unpaired) electrons. The molecule has 3 N–H and O–H groups in total. The van der Waals surface area contributed by atoms with Crippen LogP contribution >= 0.6 is 0 Å². The molecule has 9 atom stereocenters. The molecule has 20 heteroatoms. The van der Waals surface area contributed by atoms with Crippen molar-refractivity contribution < 1.29 is 67.2 Å². The van der Waals surface area contributed by atoms with E-state index in [-0.39, 0.29) is 68.1 Å². The maximum absolute atomic E-state index is 14.6. The summed E-state index contributed by atoms with van der Waals surface area (Å²) in [5, 5.41) is 16.5. The highest BCUT2D eigenvalue weighted by Crippen LogP contribution is 2.30. The molecule has 4 rings (SSSR count). The lowest BCUT2D eigenvalue weighted by molar-refractivity contribution is -0.148. The number of likely N-dealkylation sites (N-methyl/N-ethyl adjacent to an activating group) is 2. The first kappa shape index (κ1) is 62.2. The second-order valence-electron chi connectivity index (χ2n) is 20.2. The number of aliphatic carboxylic acids is 1. The van der Waals surface area contributed by atoms with E-state index < -0.39 is 72.0 Å². The Bertz CT molecular complexity index is 2130. The number of carbonyl (C=O) groups excluding carboxylic acids is 6. The zero-order valence-electron chi connectivity index (χ0n) is 46.0. The molecule has 0 aliphatic carbocycles. The van der Waals surface area contributed by atoms with Crippen molar-refractivity contribution >= 4 is 41.4 Å². The second kappa shape index (κ2) is 31.0. The van der Waals surface area contributed by atoms with Gasteiger partial charge in [0.2, 0.25) is 23.6 Å². The Morgan fingerprint density at radius 1 is 0.747 bits per heavy atom. The minimum atomic E-state index is -1.16. The molecule has 0 aromatic heterocycles. The lowest BCUT2D eigenvalue weighted by atomic mass is 9.89. The van der Waals surface area contributed by atoms with Gasteiger partial charge in [0.15, 0.2) is 0 Å². The lowest BCUT2D eigenvalue weighted by Crippen LogP contribution is -2.60. The van der Waals surface area contributed by atoms with Gasteiger partial charge in [-0.2, -0.15) is 0 Å². The summed E-state index contributed by atoms with van der Waals surface area (Å²) >= 11 is 0. The molecule has 0 saturated carbocycles. The highest BCUT2D eigenvalue weighted by atomic mass is 16.7. The van der Waals surface area contributed by atoms with Gasteiger partial charge in [-0.25, -0.2) is 4.79 Å². The number of likely N-dealkylation sites (tertiary alicyclic amines) is 1. The molecule has 0 spiro atoms. The van der Waals surface area contributed by atoms with E-state index in [1.165, 1.54) is 14.2 Å². The summed E-state index contributed by atoms with van der Waals surface area (Å²) in [5.74, 6) is -4.76. The number of nitrogens with one attached hydrogen (secondary N) is 2. The molecule has 1 saturated heterocycles. The van der Waals surface area contributed by atoms with Gasteiger partial charge < -0.3 is 49.2 Å².